The van der Waals surface area contributed by atoms with E-state index in [1.54, 1.807) is 30.3 Å². The molecule has 0 saturated heterocycles. The van der Waals surface area contributed by atoms with E-state index < -0.39 is 17.5 Å². The zero-order valence-electron chi connectivity index (χ0n) is 23.3. The van der Waals surface area contributed by atoms with Crippen molar-refractivity contribution in [1.82, 2.24) is 25.2 Å². The molecule has 3 heterocycles. The molecule has 0 spiro atoms. The Morgan fingerprint density at radius 3 is 2.58 bits per heavy atom. The number of hydrogen-bond donors (Lipinski definition) is 4. The summed E-state index contributed by atoms with van der Waals surface area (Å²) in [4.78, 5) is 42.0. The van der Waals surface area contributed by atoms with Gasteiger partial charge in [-0.3, -0.25) is 9.59 Å². The number of nitrogens with one attached hydrogen (secondary N) is 3. The molecule has 0 aliphatic rings. The molecule has 43 heavy (non-hydrogen) atoms. The van der Waals surface area contributed by atoms with Gasteiger partial charge in [0, 0.05) is 21.7 Å². The van der Waals surface area contributed by atoms with Crippen molar-refractivity contribution < 1.29 is 18.4 Å². The second kappa shape index (κ2) is 12.9. The first-order valence-corrected chi connectivity index (χ1v) is 14.0. The van der Waals surface area contributed by atoms with Gasteiger partial charge in [0.1, 0.15) is 18.0 Å². The molecule has 0 aliphatic carbocycles. The summed E-state index contributed by atoms with van der Waals surface area (Å²) in [6.45, 7) is 0.476. The SMILES string of the molecule is CN(C)CC(=O)Nc1cnc(NCc2ccc(-c3ccc4ncnc(N)c4c3)s2)c(C(=O)NCc2ccc(F)c(F)c2)c1. The third kappa shape index (κ3) is 7.26. The molecule has 5 rings (SSSR count). The Kier molecular flexibility index (Phi) is 8.83. The van der Waals surface area contributed by atoms with E-state index in [1.165, 1.54) is 24.7 Å². The van der Waals surface area contributed by atoms with Crippen LogP contribution >= 0.6 is 11.3 Å². The average Bonchev–Trinajstić information content (AvgIpc) is 3.45. The van der Waals surface area contributed by atoms with Crippen LogP contribution in [0.3, 0.4) is 0 Å². The number of hydrogen-bond acceptors (Lipinski definition) is 9. The van der Waals surface area contributed by atoms with E-state index in [9.17, 15) is 18.4 Å². The maximum atomic E-state index is 13.7. The molecule has 0 saturated carbocycles. The van der Waals surface area contributed by atoms with E-state index in [1.807, 2.05) is 30.3 Å². The van der Waals surface area contributed by atoms with Crippen molar-refractivity contribution in [2.24, 2.45) is 0 Å². The quantitative estimate of drug-likeness (QED) is 0.181. The molecular weight excluding hydrogens is 574 g/mol. The minimum Gasteiger partial charge on any atom is -0.383 e. The minimum atomic E-state index is -1.00. The normalized spacial score (nSPS) is 11.1. The highest BCUT2D eigenvalue weighted by Gasteiger charge is 2.16. The second-order valence-corrected chi connectivity index (χ2v) is 11.1. The largest absolute Gasteiger partial charge is 0.383 e. The van der Waals surface area contributed by atoms with Gasteiger partial charge >= 0.3 is 0 Å². The highest BCUT2D eigenvalue weighted by atomic mass is 32.1. The van der Waals surface area contributed by atoms with E-state index in [0.29, 0.717) is 29.4 Å². The Bertz CT molecular complexity index is 1810. The number of nitrogen functional groups attached to an aromatic ring is 1. The Morgan fingerprint density at radius 1 is 0.953 bits per heavy atom. The number of carbonyl (C=O) groups is 2. The fourth-order valence-electron chi connectivity index (χ4n) is 4.29. The first-order valence-electron chi connectivity index (χ1n) is 13.2. The van der Waals surface area contributed by atoms with Crippen molar-refractivity contribution in [2.45, 2.75) is 13.1 Å². The van der Waals surface area contributed by atoms with Crippen molar-refractivity contribution in [3.8, 4) is 10.4 Å². The molecule has 13 heteroatoms. The van der Waals surface area contributed by atoms with Crippen molar-refractivity contribution in [1.29, 1.82) is 0 Å². The van der Waals surface area contributed by atoms with E-state index in [-0.39, 0.29) is 24.6 Å². The summed E-state index contributed by atoms with van der Waals surface area (Å²) >= 11 is 1.56. The number of thiophene rings is 1. The standard InChI is InChI=1S/C30H28F2N8O2S/c1-40(2)15-27(41)39-19-11-22(30(42)36-12-17-3-6-23(31)24(32)9-17)29(34-13-19)35-14-20-5-8-26(43-20)18-4-7-25-21(10-18)28(33)38-16-37-25/h3-11,13,16H,12,14-15H2,1-2H3,(H,34,35)(H,36,42)(H,39,41)(H2,33,37,38). The number of rotatable bonds is 10. The summed E-state index contributed by atoms with van der Waals surface area (Å²) < 4.78 is 27.0. The number of aromatic nitrogens is 3. The molecule has 0 unspecified atom stereocenters. The van der Waals surface area contributed by atoms with Gasteiger partial charge in [0.15, 0.2) is 11.6 Å². The number of nitrogens with two attached hydrogens (primary N) is 1. The summed E-state index contributed by atoms with van der Waals surface area (Å²) in [7, 11) is 3.53. The maximum Gasteiger partial charge on any atom is 0.255 e. The van der Waals surface area contributed by atoms with Gasteiger partial charge in [-0.1, -0.05) is 12.1 Å². The number of carbonyl (C=O) groups excluding carboxylic acids is 2. The first-order chi connectivity index (χ1) is 20.7. The molecule has 10 nitrogen and oxygen atoms in total. The van der Waals surface area contributed by atoms with E-state index in [4.69, 9.17) is 5.73 Å². The third-order valence-electron chi connectivity index (χ3n) is 6.36. The van der Waals surface area contributed by atoms with Crippen LogP contribution in [0.5, 0.6) is 0 Å². The highest BCUT2D eigenvalue weighted by Crippen LogP contribution is 2.32. The summed E-state index contributed by atoms with van der Waals surface area (Å²) in [6, 6.07) is 14.7. The summed E-state index contributed by atoms with van der Waals surface area (Å²) in [5, 5.41) is 9.43. The lowest BCUT2D eigenvalue weighted by molar-refractivity contribution is -0.116. The number of nitrogens with zero attached hydrogens (tertiary/aromatic N) is 4. The fraction of sp³-hybridized carbons (Fsp3) is 0.167. The minimum absolute atomic E-state index is 0.0394. The Balaban J connectivity index is 1.34. The van der Waals surface area contributed by atoms with Crippen molar-refractivity contribution >= 4 is 51.4 Å². The number of benzene rings is 2. The number of halogens is 2. The Morgan fingerprint density at radius 2 is 1.79 bits per heavy atom. The second-order valence-electron chi connectivity index (χ2n) is 9.95. The van der Waals surface area contributed by atoms with E-state index in [2.05, 4.69) is 30.9 Å². The molecule has 2 aromatic carbocycles. The molecule has 0 fully saturated rings. The van der Waals surface area contributed by atoms with Gasteiger partial charge in [-0.05, 0) is 67.7 Å². The van der Waals surface area contributed by atoms with Gasteiger partial charge in [0.25, 0.3) is 5.91 Å². The first kappa shape index (κ1) is 29.5. The Hall–Kier alpha value is -5.01. The van der Waals surface area contributed by atoms with E-state index in [0.717, 1.165) is 38.4 Å². The van der Waals surface area contributed by atoms with E-state index >= 15 is 0 Å². The highest BCUT2D eigenvalue weighted by molar-refractivity contribution is 7.15. The van der Waals surface area contributed by atoms with Crippen LogP contribution in [0.25, 0.3) is 21.3 Å². The topological polar surface area (TPSA) is 138 Å². The zero-order chi connectivity index (χ0) is 30.5. The summed E-state index contributed by atoms with van der Waals surface area (Å²) in [5.74, 6) is -2.05. The van der Waals surface area contributed by atoms with Crippen LogP contribution in [0.4, 0.5) is 26.1 Å². The Labute approximate surface area is 250 Å². The molecule has 0 aliphatic heterocycles. The summed E-state index contributed by atoms with van der Waals surface area (Å²) in [5.41, 5.74) is 8.66. The fourth-order valence-corrected chi connectivity index (χ4v) is 5.23. The predicted molar refractivity (Wildman–Crippen MR) is 164 cm³/mol. The smallest absolute Gasteiger partial charge is 0.255 e. The van der Waals surface area contributed by atoms with Gasteiger partial charge in [0.2, 0.25) is 5.91 Å². The van der Waals surface area contributed by atoms with Gasteiger partial charge in [-0.25, -0.2) is 23.7 Å². The molecule has 5 N–H and O–H groups in total. The maximum absolute atomic E-state index is 13.7. The lowest BCUT2D eigenvalue weighted by atomic mass is 10.1. The monoisotopic (exact) mass is 602 g/mol. The number of amides is 2. The van der Waals surface area contributed by atoms with Gasteiger partial charge in [-0.15, -0.1) is 11.3 Å². The lowest BCUT2D eigenvalue weighted by Crippen LogP contribution is -2.28. The van der Waals surface area contributed by atoms with Crippen LogP contribution < -0.4 is 21.7 Å². The molecule has 0 radical (unpaired) electrons. The van der Waals surface area contributed by atoms with Gasteiger partial charge < -0.3 is 26.6 Å². The van der Waals surface area contributed by atoms with Crippen LogP contribution in [0.1, 0.15) is 20.8 Å². The molecule has 0 bridgehead atoms. The lowest BCUT2D eigenvalue weighted by Gasteiger charge is -2.14. The number of likely N-dealkylation sites (N-methyl/N-ethyl adjacent to an activating group) is 1. The van der Waals surface area contributed by atoms with Crippen molar-refractivity contribution in [2.75, 3.05) is 37.0 Å². The van der Waals surface area contributed by atoms with Crippen molar-refractivity contribution in [3.63, 3.8) is 0 Å². The molecule has 0 atom stereocenters. The molecule has 220 valence electrons. The molecular formula is C30H28F2N8O2S. The predicted octanol–water partition coefficient (Wildman–Crippen LogP) is 4.66. The van der Waals surface area contributed by atoms with Gasteiger partial charge in [-0.2, -0.15) is 0 Å². The number of fused-ring (bicyclic) bond motifs is 1. The molecule has 5 aromatic rings. The number of anilines is 3. The number of pyridine rings is 1. The van der Waals surface area contributed by atoms with Crippen molar-refractivity contribution in [3.05, 3.63) is 94.8 Å². The van der Waals surface area contributed by atoms with Crippen LogP contribution in [-0.4, -0.2) is 52.3 Å². The zero-order valence-corrected chi connectivity index (χ0v) is 24.1. The molecule has 3 aromatic heterocycles. The third-order valence-corrected chi connectivity index (χ3v) is 7.49. The van der Waals surface area contributed by atoms with Crippen LogP contribution in [0, 0.1) is 11.6 Å². The average molecular weight is 603 g/mol. The van der Waals surface area contributed by atoms with Crippen LogP contribution in [0.15, 0.2) is 67.1 Å². The molecule has 2 amide bonds. The summed E-state index contributed by atoms with van der Waals surface area (Å²) in [6.07, 6.45) is 2.89. The van der Waals surface area contributed by atoms with Crippen LogP contribution in [-0.2, 0) is 17.9 Å². The van der Waals surface area contributed by atoms with Crippen LogP contribution in [0.2, 0.25) is 0 Å². The van der Waals surface area contributed by atoms with Gasteiger partial charge in [0.05, 0.1) is 36.1 Å².